The number of hydrogen-bond donors (Lipinski definition) is 1. The van der Waals surface area contributed by atoms with Crippen LogP contribution in [0.3, 0.4) is 0 Å². The lowest BCUT2D eigenvalue weighted by atomic mass is 9.88. The van der Waals surface area contributed by atoms with E-state index in [9.17, 15) is 4.79 Å². The summed E-state index contributed by atoms with van der Waals surface area (Å²) in [4.78, 5) is 15.1. The summed E-state index contributed by atoms with van der Waals surface area (Å²) in [6.45, 7) is 2.89. The van der Waals surface area contributed by atoms with Crippen LogP contribution in [0.15, 0.2) is 22.8 Å². The van der Waals surface area contributed by atoms with Crippen LogP contribution >= 0.6 is 0 Å². The lowest BCUT2D eigenvalue weighted by molar-refractivity contribution is -0.126. The summed E-state index contributed by atoms with van der Waals surface area (Å²) in [5.41, 5.74) is 0. The van der Waals surface area contributed by atoms with Crippen LogP contribution in [-0.2, 0) is 4.79 Å². The summed E-state index contributed by atoms with van der Waals surface area (Å²) in [6, 6.07) is 4.18. The van der Waals surface area contributed by atoms with Gasteiger partial charge in [0, 0.05) is 12.5 Å². The van der Waals surface area contributed by atoms with Crippen molar-refractivity contribution in [3.63, 3.8) is 0 Å². The fraction of sp³-hybridized carbons (Fsp3) is 0.737. The van der Waals surface area contributed by atoms with E-state index in [0.717, 1.165) is 31.2 Å². The second-order valence-corrected chi connectivity index (χ2v) is 7.65. The zero-order valence-corrected chi connectivity index (χ0v) is 13.9. The largest absolute Gasteiger partial charge is 0.468 e. The van der Waals surface area contributed by atoms with E-state index in [-0.39, 0.29) is 17.9 Å². The van der Waals surface area contributed by atoms with Gasteiger partial charge in [-0.15, -0.1) is 0 Å². The molecule has 3 fully saturated rings. The maximum atomic E-state index is 12.6. The highest BCUT2D eigenvalue weighted by molar-refractivity contribution is 5.79. The third-order valence-electron chi connectivity index (χ3n) is 6.25. The molecule has 23 heavy (non-hydrogen) atoms. The molecule has 126 valence electrons. The third kappa shape index (κ3) is 3.18. The van der Waals surface area contributed by atoms with Crippen molar-refractivity contribution in [2.75, 3.05) is 19.6 Å². The molecule has 0 aromatic carbocycles. The quantitative estimate of drug-likeness (QED) is 0.906. The molecule has 4 atom stereocenters. The molecule has 2 heterocycles. The van der Waals surface area contributed by atoms with Crippen LogP contribution in [0, 0.1) is 17.8 Å². The van der Waals surface area contributed by atoms with Gasteiger partial charge in [0.15, 0.2) is 0 Å². The van der Waals surface area contributed by atoms with E-state index in [1.807, 2.05) is 12.1 Å². The monoisotopic (exact) mass is 316 g/mol. The SMILES string of the molecule is O=C(NCC(c1ccco1)N1CCCCC1)C1CC2CCC1C2. The zero-order valence-electron chi connectivity index (χ0n) is 13.9. The Hall–Kier alpha value is -1.29. The van der Waals surface area contributed by atoms with Crippen LogP contribution in [0.4, 0.5) is 0 Å². The molecular formula is C19H28N2O2. The van der Waals surface area contributed by atoms with E-state index in [2.05, 4.69) is 10.2 Å². The fourth-order valence-corrected chi connectivity index (χ4v) is 5.01. The molecule has 2 aliphatic carbocycles. The Bertz CT molecular complexity index is 521. The maximum Gasteiger partial charge on any atom is 0.223 e. The molecule has 4 nitrogen and oxygen atoms in total. The molecule has 0 radical (unpaired) electrons. The van der Waals surface area contributed by atoms with Crippen LogP contribution in [0.5, 0.6) is 0 Å². The summed E-state index contributed by atoms with van der Waals surface area (Å²) < 4.78 is 5.66. The molecule has 1 N–H and O–H groups in total. The second-order valence-electron chi connectivity index (χ2n) is 7.65. The number of rotatable bonds is 5. The van der Waals surface area contributed by atoms with Crippen LogP contribution in [0.25, 0.3) is 0 Å². The predicted molar refractivity (Wildman–Crippen MR) is 88.8 cm³/mol. The lowest BCUT2D eigenvalue weighted by Crippen LogP contribution is -2.42. The van der Waals surface area contributed by atoms with Gasteiger partial charge in [-0.3, -0.25) is 9.69 Å². The molecule has 1 aromatic heterocycles. The van der Waals surface area contributed by atoms with Crippen molar-refractivity contribution in [2.45, 2.75) is 51.0 Å². The topological polar surface area (TPSA) is 45.5 Å². The molecule has 2 saturated carbocycles. The summed E-state index contributed by atoms with van der Waals surface area (Å²) in [5.74, 6) is 3.01. The number of fused-ring (bicyclic) bond motifs is 2. The molecule has 4 unspecified atom stereocenters. The molecule has 1 saturated heterocycles. The van der Waals surface area contributed by atoms with Gasteiger partial charge < -0.3 is 9.73 Å². The fourth-order valence-electron chi connectivity index (χ4n) is 5.01. The van der Waals surface area contributed by atoms with Crippen molar-refractivity contribution in [1.82, 2.24) is 10.2 Å². The first-order valence-corrected chi connectivity index (χ1v) is 9.36. The number of carbonyl (C=O) groups excluding carboxylic acids is 1. The van der Waals surface area contributed by atoms with Crippen molar-refractivity contribution in [3.8, 4) is 0 Å². The first-order valence-electron chi connectivity index (χ1n) is 9.36. The van der Waals surface area contributed by atoms with Gasteiger partial charge in [-0.05, 0) is 69.2 Å². The highest BCUT2D eigenvalue weighted by atomic mass is 16.3. The van der Waals surface area contributed by atoms with Gasteiger partial charge in [-0.1, -0.05) is 12.8 Å². The second kappa shape index (κ2) is 6.68. The average Bonchev–Trinajstić information content (AvgIpc) is 3.34. The summed E-state index contributed by atoms with van der Waals surface area (Å²) in [5, 5.41) is 3.25. The average molecular weight is 316 g/mol. The first-order chi connectivity index (χ1) is 11.3. The van der Waals surface area contributed by atoms with Gasteiger partial charge in [0.2, 0.25) is 5.91 Å². The van der Waals surface area contributed by atoms with Crippen LogP contribution in [0.1, 0.15) is 56.7 Å². The first kappa shape index (κ1) is 15.3. The molecule has 3 aliphatic rings. The Balaban J connectivity index is 1.38. The van der Waals surface area contributed by atoms with E-state index < -0.39 is 0 Å². The van der Waals surface area contributed by atoms with E-state index in [1.165, 1.54) is 38.5 Å². The number of hydrogen-bond acceptors (Lipinski definition) is 3. The van der Waals surface area contributed by atoms with Gasteiger partial charge in [-0.25, -0.2) is 0 Å². The van der Waals surface area contributed by atoms with E-state index in [1.54, 1.807) is 6.26 Å². The minimum Gasteiger partial charge on any atom is -0.468 e. The predicted octanol–water partition coefficient (Wildman–Crippen LogP) is 3.36. The van der Waals surface area contributed by atoms with Gasteiger partial charge in [0.1, 0.15) is 5.76 Å². The summed E-state index contributed by atoms with van der Waals surface area (Å²) >= 11 is 0. The number of furan rings is 1. The van der Waals surface area contributed by atoms with Crippen LogP contribution in [-0.4, -0.2) is 30.4 Å². The highest BCUT2D eigenvalue weighted by Gasteiger charge is 2.43. The molecule has 1 amide bonds. The Morgan fingerprint density at radius 3 is 2.78 bits per heavy atom. The molecule has 1 aliphatic heterocycles. The number of nitrogens with one attached hydrogen (secondary N) is 1. The zero-order chi connectivity index (χ0) is 15.6. The molecule has 2 bridgehead atoms. The smallest absolute Gasteiger partial charge is 0.223 e. The van der Waals surface area contributed by atoms with Crippen molar-refractivity contribution in [2.24, 2.45) is 17.8 Å². The Morgan fingerprint density at radius 1 is 1.26 bits per heavy atom. The van der Waals surface area contributed by atoms with Gasteiger partial charge >= 0.3 is 0 Å². The minimum atomic E-state index is 0.188. The Labute approximate surface area is 138 Å². The Morgan fingerprint density at radius 2 is 2.13 bits per heavy atom. The van der Waals surface area contributed by atoms with Crippen molar-refractivity contribution in [1.29, 1.82) is 0 Å². The normalized spacial score (nSPS) is 32.1. The number of amides is 1. The number of nitrogens with zero attached hydrogens (tertiary/aromatic N) is 1. The molecule has 4 heteroatoms. The van der Waals surface area contributed by atoms with Crippen molar-refractivity contribution < 1.29 is 9.21 Å². The standard InChI is InChI=1S/C19H28N2O2/c22-19(16-12-14-6-7-15(16)11-14)20-13-17(18-5-4-10-23-18)21-8-2-1-3-9-21/h4-5,10,14-17H,1-3,6-9,11-13H2,(H,20,22). The number of piperidine rings is 1. The van der Waals surface area contributed by atoms with Crippen LogP contribution < -0.4 is 5.32 Å². The van der Waals surface area contributed by atoms with Gasteiger partial charge in [-0.2, -0.15) is 0 Å². The summed E-state index contributed by atoms with van der Waals surface area (Å²) in [7, 11) is 0. The summed E-state index contributed by atoms with van der Waals surface area (Å²) in [6.07, 6.45) is 10.6. The minimum absolute atomic E-state index is 0.188. The molecule has 0 spiro atoms. The van der Waals surface area contributed by atoms with Crippen molar-refractivity contribution >= 4 is 5.91 Å². The van der Waals surface area contributed by atoms with E-state index >= 15 is 0 Å². The molecule has 1 aromatic rings. The Kier molecular flexibility index (Phi) is 4.43. The van der Waals surface area contributed by atoms with Gasteiger partial charge in [0.05, 0.1) is 12.3 Å². The highest BCUT2D eigenvalue weighted by Crippen LogP contribution is 2.48. The van der Waals surface area contributed by atoms with Crippen molar-refractivity contribution in [3.05, 3.63) is 24.2 Å². The number of carbonyl (C=O) groups is 1. The van der Waals surface area contributed by atoms with E-state index in [4.69, 9.17) is 4.42 Å². The molecule has 4 rings (SSSR count). The lowest BCUT2D eigenvalue weighted by Gasteiger charge is -2.34. The maximum absolute atomic E-state index is 12.6. The van der Waals surface area contributed by atoms with E-state index in [0.29, 0.717) is 12.5 Å². The van der Waals surface area contributed by atoms with Crippen LogP contribution in [0.2, 0.25) is 0 Å². The number of likely N-dealkylation sites (tertiary alicyclic amines) is 1. The molecular weight excluding hydrogens is 288 g/mol. The van der Waals surface area contributed by atoms with Gasteiger partial charge in [0.25, 0.3) is 0 Å². The third-order valence-corrected chi connectivity index (χ3v) is 6.25.